The molecular weight excluding hydrogens is 411 g/mol. The summed E-state index contributed by atoms with van der Waals surface area (Å²) in [5.41, 5.74) is 0.564. The predicted octanol–water partition coefficient (Wildman–Crippen LogP) is 3.34. The van der Waals surface area contributed by atoms with Gasteiger partial charge in [-0.05, 0) is 38.0 Å². The maximum absolute atomic E-state index is 12.6. The number of benzene rings is 1. The zero-order valence-corrected chi connectivity index (χ0v) is 18.5. The van der Waals surface area contributed by atoms with E-state index in [1.807, 2.05) is 11.8 Å². The summed E-state index contributed by atoms with van der Waals surface area (Å²) in [5.74, 6) is 0.145. The van der Waals surface area contributed by atoms with Crippen LogP contribution in [0.1, 0.15) is 32.6 Å². The Morgan fingerprint density at radius 3 is 2.28 bits per heavy atom. The molecule has 0 unspecified atom stereocenters. The molecule has 0 bridgehead atoms. The quantitative estimate of drug-likeness (QED) is 0.762. The van der Waals surface area contributed by atoms with E-state index in [1.54, 1.807) is 18.2 Å². The number of hydrogen-bond donors (Lipinski definition) is 1. The number of carbonyl (C=O) groups is 2. The van der Waals surface area contributed by atoms with Crippen LogP contribution in [0.15, 0.2) is 18.2 Å². The van der Waals surface area contributed by atoms with Crippen LogP contribution in [0.25, 0.3) is 0 Å². The van der Waals surface area contributed by atoms with E-state index < -0.39 is 0 Å². The van der Waals surface area contributed by atoms with Crippen LogP contribution in [0.4, 0.5) is 5.69 Å². The smallest absolute Gasteiger partial charge is 0.241 e. The normalized spacial score (nSPS) is 20.2. The Hall–Kier alpha value is -1.34. The van der Waals surface area contributed by atoms with Gasteiger partial charge in [0.25, 0.3) is 0 Å². The Morgan fingerprint density at radius 1 is 1.00 bits per heavy atom. The summed E-state index contributed by atoms with van der Waals surface area (Å²) in [6, 6.07) is 4.75. The van der Waals surface area contributed by atoms with Gasteiger partial charge in [0.2, 0.25) is 11.8 Å². The van der Waals surface area contributed by atoms with Crippen molar-refractivity contribution >= 4 is 40.7 Å². The minimum atomic E-state index is -0.273. The van der Waals surface area contributed by atoms with Crippen molar-refractivity contribution in [2.45, 2.75) is 38.6 Å². The number of hydrogen-bond acceptors (Lipinski definition) is 4. The minimum absolute atomic E-state index is 0.0942. The van der Waals surface area contributed by atoms with E-state index >= 15 is 0 Å². The van der Waals surface area contributed by atoms with Gasteiger partial charge in [0.05, 0.1) is 23.3 Å². The van der Waals surface area contributed by atoms with Crippen molar-refractivity contribution in [3.05, 3.63) is 28.2 Å². The molecule has 3 rings (SSSR count). The van der Waals surface area contributed by atoms with E-state index in [-0.39, 0.29) is 17.9 Å². The first-order chi connectivity index (χ1) is 13.9. The Kier molecular flexibility index (Phi) is 8.18. The molecule has 0 aromatic heterocycles. The van der Waals surface area contributed by atoms with Gasteiger partial charge < -0.3 is 10.2 Å². The number of halogens is 2. The number of nitrogens with zero attached hydrogens (tertiary/aromatic N) is 3. The van der Waals surface area contributed by atoms with Crippen molar-refractivity contribution in [3.63, 3.8) is 0 Å². The van der Waals surface area contributed by atoms with E-state index in [0.717, 1.165) is 52.1 Å². The van der Waals surface area contributed by atoms with Gasteiger partial charge >= 0.3 is 0 Å². The van der Waals surface area contributed by atoms with Gasteiger partial charge in [-0.25, -0.2) is 0 Å². The molecule has 160 valence electrons. The van der Waals surface area contributed by atoms with Crippen LogP contribution >= 0.6 is 23.2 Å². The molecule has 0 radical (unpaired) electrons. The van der Waals surface area contributed by atoms with E-state index in [0.29, 0.717) is 22.3 Å². The molecule has 29 heavy (non-hydrogen) atoms. The highest BCUT2D eigenvalue weighted by molar-refractivity contribution is 6.36. The van der Waals surface area contributed by atoms with E-state index in [4.69, 9.17) is 23.2 Å². The summed E-state index contributed by atoms with van der Waals surface area (Å²) in [4.78, 5) is 31.6. The second-order valence-electron chi connectivity index (χ2n) is 7.90. The molecule has 2 aliphatic heterocycles. The summed E-state index contributed by atoms with van der Waals surface area (Å²) >= 11 is 12.1. The molecule has 8 heteroatoms. The minimum Gasteiger partial charge on any atom is -0.342 e. The molecule has 2 amide bonds. The third-order valence-corrected chi connectivity index (χ3v) is 6.39. The van der Waals surface area contributed by atoms with Gasteiger partial charge in [0.1, 0.15) is 0 Å². The van der Waals surface area contributed by atoms with Crippen LogP contribution < -0.4 is 5.32 Å². The predicted molar refractivity (Wildman–Crippen MR) is 118 cm³/mol. The molecule has 1 aromatic carbocycles. The number of likely N-dealkylation sites (tertiary alicyclic amines) is 1. The zero-order valence-electron chi connectivity index (χ0n) is 17.0. The number of piperazine rings is 1. The third-order valence-electron chi connectivity index (χ3n) is 5.84. The molecule has 6 nitrogen and oxygen atoms in total. The van der Waals surface area contributed by atoms with Gasteiger partial charge in [0.15, 0.2) is 0 Å². The molecule has 0 saturated carbocycles. The first-order valence-electron chi connectivity index (χ1n) is 10.4. The average molecular weight is 441 g/mol. The van der Waals surface area contributed by atoms with Gasteiger partial charge in [-0.2, -0.15) is 0 Å². The van der Waals surface area contributed by atoms with Gasteiger partial charge in [-0.15, -0.1) is 0 Å². The van der Waals surface area contributed by atoms with Crippen LogP contribution in [0.3, 0.4) is 0 Å². The first-order valence-corrected chi connectivity index (χ1v) is 11.2. The SMILES string of the molecule is C[C@@H](C(=O)Nc1ccc(Cl)cc1Cl)N1CCN(CC(=O)N2CCCCCC2)CC1. The highest BCUT2D eigenvalue weighted by Gasteiger charge is 2.27. The topological polar surface area (TPSA) is 55.9 Å². The number of nitrogens with one attached hydrogen (secondary N) is 1. The van der Waals surface area contributed by atoms with Crippen LogP contribution in [-0.2, 0) is 9.59 Å². The first kappa shape index (κ1) is 22.3. The third kappa shape index (κ3) is 6.32. The van der Waals surface area contributed by atoms with Gasteiger partial charge in [-0.3, -0.25) is 19.4 Å². The fourth-order valence-electron chi connectivity index (χ4n) is 3.91. The molecule has 0 aliphatic carbocycles. The fourth-order valence-corrected chi connectivity index (χ4v) is 4.37. The van der Waals surface area contributed by atoms with Crippen molar-refractivity contribution in [1.29, 1.82) is 0 Å². The lowest BCUT2D eigenvalue weighted by atomic mass is 10.2. The molecule has 1 N–H and O–H groups in total. The molecule has 2 aliphatic rings. The van der Waals surface area contributed by atoms with Crippen LogP contribution in [0.5, 0.6) is 0 Å². The molecular formula is C21H30Cl2N4O2. The van der Waals surface area contributed by atoms with Crippen LogP contribution in [-0.4, -0.2) is 78.4 Å². The second kappa shape index (κ2) is 10.6. The second-order valence-corrected chi connectivity index (χ2v) is 8.74. The summed E-state index contributed by atoms with van der Waals surface area (Å²) in [5, 5.41) is 3.84. The van der Waals surface area contributed by atoms with E-state index in [1.165, 1.54) is 12.8 Å². The van der Waals surface area contributed by atoms with E-state index in [9.17, 15) is 9.59 Å². The maximum Gasteiger partial charge on any atom is 0.241 e. The molecule has 2 heterocycles. The zero-order chi connectivity index (χ0) is 20.8. The lowest BCUT2D eigenvalue weighted by Crippen LogP contribution is -2.54. The Bertz CT molecular complexity index is 715. The number of amides is 2. The van der Waals surface area contributed by atoms with Crippen molar-refractivity contribution in [1.82, 2.24) is 14.7 Å². The lowest BCUT2D eigenvalue weighted by Gasteiger charge is -2.37. The molecule has 2 fully saturated rings. The highest BCUT2D eigenvalue weighted by atomic mass is 35.5. The molecule has 1 atom stereocenters. The summed E-state index contributed by atoms with van der Waals surface area (Å²) < 4.78 is 0. The van der Waals surface area contributed by atoms with E-state index in [2.05, 4.69) is 15.1 Å². The van der Waals surface area contributed by atoms with Crippen molar-refractivity contribution in [2.75, 3.05) is 51.1 Å². The maximum atomic E-state index is 12.6. The summed E-state index contributed by atoms with van der Waals surface area (Å²) in [6.07, 6.45) is 4.68. The molecule has 2 saturated heterocycles. The number of carbonyl (C=O) groups excluding carboxylic acids is 2. The lowest BCUT2D eigenvalue weighted by molar-refractivity contribution is -0.133. The van der Waals surface area contributed by atoms with Crippen molar-refractivity contribution < 1.29 is 9.59 Å². The van der Waals surface area contributed by atoms with Crippen LogP contribution in [0, 0.1) is 0 Å². The fraction of sp³-hybridized carbons (Fsp3) is 0.619. The van der Waals surface area contributed by atoms with Crippen LogP contribution in [0.2, 0.25) is 10.0 Å². The van der Waals surface area contributed by atoms with Crippen molar-refractivity contribution in [2.24, 2.45) is 0 Å². The largest absolute Gasteiger partial charge is 0.342 e. The Morgan fingerprint density at radius 2 is 1.66 bits per heavy atom. The summed E-state index contributed by atoms with van der Waals surface area (Å²) in [6.45, 7) is 7.27. The molecule has 0 spiro atoms. The van der Waals surface area contributed by atoms with Gasteiger partial charge in [-0.1, -0.05) is 36.0 Å². The summed E-state index contributed by atoms with van der Waals surface area (Å²) in [7, 11) is 0. The van der Waals surface area contributed by atoms with Crippen molar-refractivity contribution in [3.8, 4) is 0 Å². The number of rotatable bonds is 5. The standard InChI is InChI=1S/C21H30Cl2N4O2/c1-16(21(29)24-19-7-6-17(22)14-18(19)23)26-12-10-25(11-13-26)15-20(28)27-8-4-2-3-5-9-27/h6-7,14,16H,2-5,8-13,15H2,1H3,(H,24,29)/t16-/m0/s1. The van der Waals surface area contributed by atoms with Gasteiger partial charge in [0, 0.05) is 44.3 Å². The number of anilines is 1. The monoisotopic (exact) mass is 440 g/mol. The Balaban J connectivity index is 1.45. The average Bonchev–Trinajstić information content (AvgIpc) is 3.00. The Labute approximate surface area is 183 Å². The molecule has 1 aromatic rings. The highest BCUT2D eigenvalue weighted by Crippen LogP contribution is 2.25.